The molecule has 39 heavy (non-hydrogen) atoms. The van der Waals surface area contributed by atoms with E-state index in [1.54, 1.807) is 23.1 Å². The van der Waals surface area contributed by atoms with Crippen LogP contribution in [-0.2, 0) is 28.3 Å². The zero-order valence-electron chi connectivity index (χ0n) is 21.8. The maximum Gasteiger partial charge on any atom is 0.243 e. The minimum atomic E-state index is -0.713. The maximum absolute atomic E-state index is 13.9. The summed E-state index contributed by atoms with van der Waals surface area (Å²) >= 11 is 20.9. The molecule has 1 aliphatic rings. The fourth-order valence-electron chi connectivity index (χ4n) is 4.90. The predicted molar refractivity (Wildman–Crippen MR) is 164 cm³/mol. The molecule has 0 radical (unpaired) electrons. The zero-order chi connectivity index (χ0) is 27.6. The number of nitrogens with zero attached hydrogens (tertiary/aromatic N) is 1. The number of carbonyl (C=O) groups is 2. The van der Waals surface area contributed by atoms with Gasteiger partial charge in [0.25, 0.3) is 0 Å². The van der Waals surface area contributed by atoms with Crippen molar-refractivity contribution in [3.8, 4) is 0 Å². The molecule has 0 heterocycles. The van der Waals surface area contributed by atoms with Gasteiger partial charge in [0.15, 0.2) is 0 Å². The van der Waals surface area contributed by atoms with Gasteiger partial charge in [-0.25, -0.2) is 0 Å². The molecule has 206 valence electrons. The summed E-state index contributed by atoms with van der Waals surface area (Å²) in [7, 11) is 0. The van der Waals surface area contributed by atoms with E-state index in [4.69, 9.17) is 34.8 Å². The number of amides is 2. The molecule has 0 bridgehead atoms. The largest absolute Gasteiger partial charge is 0.352 e. The van der Waals surface area contributed by atoms with Crippen LogP contribution in [-0.4, -0.2) is 34.6 Å². The number of hydrogen-bond acceptors (Lipinski definition) is 3. The van der Waals surface area contributed by atoms with E-state index < -0.39 is 6.04 Å². The summed E-state index contributed by atoms with van der Waals surface area (Å²) in [5, 5.41) is 4.86. The second kappa shape index (κ2) is 15.0. The Morgan fingerprint density at radius 2 is 1.49 bits per heavy atom. The summed E-state index contributed by atoms with van der Waals surface area (Å²) in [5.41, 5.74) is 2.58. The average molecular weight is 604 g/mol. The van der Waals surface area contributed by atoms with Gasteiger partial charge >= 0.3 is 0 Å². The molecule has 2 amide bonds. The summed E-state index contributed by atoms with van der Waals surface area (Å²) in [5.74, 6) is 0.486. The molecule has 0 unspecified atom stereocenters. The molecule has 3 aromatic rings. The van der Waals surface area contributed by atoms with Gasteiger partial charge in [0.05, 0.1) is 5.75 Å². The number of benzene rings is 3. The Kier molecular flexibility index (Phi) is 11.5. The topological polar surface area (TPSA) is 49.4 Å². The average Bonchev–Trinajstić information content (AvgIpc) is 2.94. The lowest BCUT2D eigenvalue weighted by molar-refractivity contribution is -0.139. The predicted octanol–water partition coefficient (Wildman–Crippen LogP) is 7.97. The molecule has 1 atom stereocenters. The van der Waals surface area contributed by atoms with Crippen molar-refractivity contribution in [2.45, 2.75) is 62.9 Å². The highest BCUT2D eigenvalue weighted by Gasteiger charge is 2.32. The number of hydrogen-bond donors (Lipinski definition) is 1. The lowest BCUT2D eigenvalue weighted by Crippen LogP contribution is -2.53. The molecular weight excluding hydrogens is 571 g/mol. The van der Waals surface area contributed by atoms with Crippen molar-refractivity contribution >= 4 is 58.4 Å². The monoisotopic (exact) mass is 602 g/mol. The third kappa shape index (κ3) is 8.65. The first kappa shape index (κ1) is 29.8. The van der Waals surface area contributed by atoms with Gasteiger partial charge in [0.2, 0.25) is 11.8 Å². The molecule has 4 rings (SSSR count). The number of halogens is 3. The van der Waals surface area contributed by atoms with Gasteiger partial charge in [-0.15, -0.1) is 11.8 Å². The Bertz CT molecular complexity index is 1230. The molecule has 1 aliphatic carbocycles. The molecule has 0 aliphatic heterocycles. The van der Waals surface area contributed by atoms with Crippen LogP contribution < -0.4 is 5.32 Å². The van der Waals surface area contributed by atoms with Crippen molar-refractivity contribution < 1.29 is 9.59 Å². The lowest BCUT2D eigenvalue weighted by Gasteiger charge is -2.34. The van der Waals surface area contributed by atoms with Gasteiger partial charge in [0.1, 0.15) is 6.04 Å². The molecule has 0 saturated heterocycles. The first-order valence-electron chi connectivity index (χ1n) is 13.3. The Hall–Kier alpha value is -2.18. The molecule has 0 aromatic heterocycles. The van der Waals surface area contributed by atoms with Gasteiger partial charge in [-0.2, -0.15) is 0 Å². The number of thioether (sulfide) groups is 1. The summed E-state index contributed by atoms with van der Waals surface area (Å²) in [6, 6.07) is 22.1. The van der Waals surface area contributed by atoms with E-state index in [9.17, 15) is 9.59 Å². The van der Waals surface area contributed by atoms with Crippen LogP contribution in [0, 0.1) is 0 Å². The van der Waals surface area contributed by atoms with Gasteiger partial charge in [0, 0.05) is 45.4 Å². The van der Waals surface area contributed by atoms with E-state index in [1.807, 2.05) is 54.6 Å². The van der Waals surface area contributed by atoms with E-state index in [0.717, 1.165) is 36.8 Å². The molecule has 8 heteroatoms. The van der Waals surface area contributed by atoms with Gasteiger partial charge in [-0.1, -0.05) is 109 Å². The highest BCUT2D eigenvalue weighted by Crippen LogP contribution is 2.28. The van der Waals surface area contributed by atoms with Gasteiger partial charge < -0.3 is 10.2 Å². The lowest BCUT2D eigenvalue weighted by atomic mass is 9.94. The minimum absolute atomic E-state index is 0.125. The quantitative estimate of drug-likeness (QED) is 0.242. The van der Waals surface area contributed by atoms with E-state index in [0.29, 0.717) is 32.8 Å². The maximum atomic E-state index is 13.9. The summed E-state index contributed by atoms with van der Waals surface area (Å²) < 4.78 is 0. The van der Waals surface area contributed by atoms with E-state index >= 15 is 0 Å². The number of nitrogens with one attached hydrogen (secondary N) is 1. The number of rotatable bonds is 11. The van der Waals surface area contributed by atoms with Crippen molar-refractivity contribution in [2.24, 2.45) is 0 Å². The van der Waals surface area contributed by atoms with Crippen molar-refractivity contribution in [3.05, 3.63) is 105 Å². The summed E-state index contributed by atoms with van der Waals surface area (Å²) in [4.78, 5) is 29.4. The highest BCUT2D eigenvalue weighted by atomic mass is 35.5. The molecule has 1 N–H and O–H groups in total. The highest BCUT2D eigenvalue weighted by molar-refractivity contribution is 7.99. The van der Waals surface area contributed by atoms with Gasteiger partial charge in [-0.3, -0.25) is 9.59 Å². The minimum Gasteiger partial charge on any atom is -0.352 e. The van der Waals surface area contributed by atoms with Crippen LogP contribution in [0.25, 0.3) is 0 Å². The van der Waals surface area contributed by atoms with Crippen LogP contribution in [0.1, 0.15) is 48.8 Å². The zero-order valence-corrected chi connectivity index (χ0v) is 24.8. The SMILES string of the molecule is O=C(NC1CCCCC1)[C@@H](Cc1ccccc1)N(Cc1c(Cl)cccc1Cl)C(=O)CSCc1ccccc1Cl. The Morgan fingerprint density at radius 1 is 0.846 bits per heavy atom. The fraction of sp³-hybridized carbons (Fsp3) is 0.355. The van der Waals surface area contributed by atoms with Gasteiger partial charge in [-0.05, 0) is 42.2 Å². The standard InChI is InChI=1S/C31H33Cl3N2O2S/c32-26-15-8-7-12-23(26)20-39-21-30(37)36(19-25-27(33)16-9-17-28(25)34)29(18-22-10-3-1-4-11-22)31(38)35-24-13-5-2-6-14-24/h1,3-4,7-12,15-17,24,29H,2,5-6,13-14,18-21H2,(H,35,38)/t29-/m1/s1. The summed E-state index contributed by atoms with van der Waals surface area (Å²) in [6.07, 6.45) is 5.71. The van der Waals surface area contributed by atoms with Crippen LogP contribution in [0.4, 0.5) is 0 Å². The normalized spacial score (nSPS) is 14.5. The van der Waals surface area contributed by atoms with Crippen LogP contribution in [0.2, 0.25) is 15.1 Å². The Morgan fingerprint density at radius 3 is 2.18 bits per heavy atom. The van der Waals surface area contributed by atoms with Crippen LogP contribution in [0.15, 0.2) is 72.8 Å². The molecule has 0 spiro atoms. The third-order valence-corrected chi connectivity index (χ3v) is 9.10. The molecule has 4 nitrogen and oxygen atoms in total. The molecular formula is C31H33Cl3N2O2S. The molecule has 1 fully saturated rings. The van der Waals surface area contributed by atoms with E-state index in [-0.39, 0.29) is 30.2 Å². The first-order valence-corrected chi connectivity index (χ1v) is 15.6. The smallest absolute Gasteiger partial charge is 0.243 e. The summed E-state index contributed by atoms with van der Waals surface area (Å²) in [6.45, 7) is 0.138. The molecule has 3 aromatic carbocycles. The van der Waals surface area contributed by atoms with Crippen molar-refractivity contribution in [2.75, 3.05) is 5.75 Å². The third-order valence-electron chi connectivity index (χ3n) is 7.05. The van der Waals surface area contributed by atoms with Crippen molar-refractivity contribution in [1.82, 2.24) is 10.2 Å². The molecule has 1 saturated carbocycles. The Labute approximate surface area is 250 Å². The second-order valence-corrected chi connectivity index (χ2v) is 12.1. The van der Waals surface area contributed by atoms with Crippen LogP contribution in [0.3, 0.4) is 0 Å². The number of carbonyl (C=O) groups excluding carboxylic acids is 2. The first-order chi connectivity index (χ1) is 18.9. The van der Waals surface area contributed by atoms with E-state index in [1.165, 1.54) is 18.2 Å². The van der Waals surface area contributed by atoms with Crippen molar-refractivity contribution in [3.63, 3.8) is 0 Å². The van der Waals surface area contributed by atoms with Crippen LogP contribution in [0.5, 0.6) is 0 Å². The Balaban J connectivity index is 1.61. The fourth-order valence-corrected chi connectivity index (χ4v) is 6.61. The van der Waals surface area contributed by atoms with E-state index in [2.05, 4.69) is 5.32 Å². The van der Waals surface area contributed by atoms with Crippen molar-refractivity contribution in [1.29, 1.82) is 0 Å². The second-order valence-electron chi connectivity index (χ2n) is 9.86. The van der Waals surface area contributed by atoms with Crippen LogP contribution >= 0.6 is 46.6 Å².